The van der Waals surface area contributed by atoms with Gasteiger partial charge in [-0.05, 0) is 73.7 Å². The highest BCUT2D eigenvalue weighted by Gasteiger charge is 2.13. The minimum Gasteiger partial charge on any atom is -0.508 e. The minimum absolute atomic E-state index is 0.273. The zero-order valence-electron chi connectivity index (χ0n) is 13.4. The number of aromatic hydroxyl groups is 1. The van der Waals surface area contributed by atoms with Crippen LogP contribution in [0.1, 0.15) is 31.2 Å². The van der Waals surface area contributed by atoms with Gasteiger partial charge in [-0.3, -0.25) is 5.10 Å². The van der Waals surface area contributed by atoms with Crippen LogP contribution < -0.4 is 0 Å². The lowest BCUT2D eigenvalue weighted by molar-refractivity contribution is 0.475. The van der Waals surface area contributed by atoms with Crippen LogP contribution in [0.15, 0.2) is 65.3 Å². The molecule has 0 bridgehead atoms. The number of hydrogen-bond acceptors (Lipinski definition) is 3. The van der Waals surface area contributed by atoms with E-state index >= 15 is 0 Å². The minimum atomic E-state index is 0.273. The third-order valence-corrected chi connectivity index (χ3v) is 4.40. The maximum atomic E-state index is 9.57. The van der Waals surface area contributed by atoms with Crippen molar-refractivity contribution in [2.24, 2.45) is 4.99 Å². The number of H-pyrrole nitrogens is 1. The molecule has 0 spiro atoms. The number of nitrogens with one attached hydrogen (secondary N) is 1. The second-order valence-corrected chi connectivity index (χ2v) is 6.12. The van der Waals surface area contributed by atoms with Crippen LogP contribution in [0.2, 0.25) is 0 Å². The first-order valence-corrected chi connectivity index (χ1v) is 8.30. The molecule has 0 amide bonds. The molecule has 3 aromatic rings. The van der Waals surface area contributed by atoms with E-state index in [2.05, 4.69) is 16.3 Å². The molecule has 4 heteroatoms. The number of aliphatic imine (C=N–C) groups is 1. The lowest BCUT2D eigenvalue weighted by atomic mass is 9.92. The number of phenolic OH excluding ortho intramolecular Hbond substituents is 1. The average Bonchev–Trinajstić information content (AvgIpc) is 3.09. The number of hydrogen-bond donors (Lipinski definition) is 2. The number of allylic oxidation sites excluding steroid dienone is 2. The van der Waals surface area contributed by atoms with Crippen molar-refractivity contribution in [1.29, 1.82) is 0 Å². The van der Waals surface area contributed by atoms with Crippen molar-refractivity contribution < 1.29 is 5.11 Å². The predicted molar refractivity (Wildman–Crippen MR) is 96.9 cm³/mol. The fourth-order valence-electron chi connectivity index (χ4n) is 3.12. The van der Waals surface area contributed by atoms with Gasteiger partial charge in [0, 0.05) is 10.9 Å². The Morgan fingerprint density at radius 3 is 2.75 bits per heavy atom. The third kappa shape index (κ3) is 2.95. The molecule has 120 valence electrons. The van der Waals surface area contributed by atoms with E-state index in [0.717, 1.165) is 40.7 Å². The molecule has 0 atom stereocenters. The highest BCUT2D eigenvalue weighted by Crippen LogP contribution is 2.27. The van der Waals surface area contributed by atoms with E-state index in [-0.39, 0.29) is 5.75 Å². The van der Waals surface area contributed by atoms with Gasteiger partial charge in [-0.1, -0.05) is 6.08 Å². The van der Waals surface area contributed by atoms with E-state index in [0.29, 0.717) is 0 Å². The summed E-state index contributed by atoms with van der Waals surface area (Å²) in [6, 6.07) is 13.4. The Kier molecular flexibility index (Phi) is 3.87. The number of rotatable bonds is 3. The van der Waals surface area contributed by atoms with E-state index in [9.17, 15) is 5.11 Å². The molecule has 1 aromatic heterocycles. The van der Waals surface area contributed by atoms with Crippen molar-refractivity contribution in [3.63, 3.8) is 0 Å². The first-order valence-electron chi connectivity index (χ1n) is 8.30. The molecule has 1 heterocycles. The standard InChI is InChI=1S/C20H19N3O/c24-18-10-7-15(8-11-18)20(14-4-2-1-3-5-14)22-17-9-6-16-13-21-23-19(16)12-17/h4,6-13,24H,1-3,5H2,(H,21,23). The molecule has 4 rings (SSSR count). The smallest absolute Gasteiger partial charge is 0.115 e. The van der Waals surface area contributed by atoms with E-state index in [4.69, 9.17) is 4.99 Å². The first kappa shape index (κ1) is 14.7. The number of aromatic amines is 1. The average molecular weight is 317 g/mol. The Morgan fingerprint density at radius 1 is 1.08 bits per heavy atom. The molecule has 0 aliphatic heterocycles. The summed E-state index contributed by atoms with van der Waals surface area (Å²) >= 11 is 0. The quantitative estimate of drug-likeness (QED) is 0.676. The summed E-state index contributed by atoms with van der Waals surface area (Å²) in [5.41, 5.74) is 5.20. The van der Waals surface area contributed by atoms with Gasteiger partial charge in [0.25, 0.3) is 0 Å². The van der Waals surface area contributed by atoms with Crippen LogP contribution in [0, 0.1) is 0 Å². The van der Waals surface area contributed by atoms with Gasteiger partial charge in [0.05, 0.1) is 23.1 Å². The Balaban J connectivity index is 1.81. The molecular weight excluding hydrogens is 298 g/mol. The van der Waals surface area contributed by atoms with Crippen LogP contribution in [0.3, 0.4) is 0 Å². The molecule has 24 heavy (non-hydrogen) atoms. The second-order valence-electron chi connectivity index (χ2n) is 6.12. The maximum absolute atomic E-state index is 9.57. The van der Waals surface area contributed by atoms with E-state index < -0.39 is 0 Å². The Hall–Kier alpha value is -2.88. The van der Waals surface area contributed by atoms with Gasteiger partial charge in [0.2, 0.25) is 0 Å². The maximum Gasteiger partial charge on any atom is 0.115 e. The van der Waals surface area contributed by atoms with Crippen molar-refractivity contribution in [2.45, 2.75) is 25.7 Å². The van der Waals surface area contributed by atoms with Crippen LogP contribution in [0.25, 0.3) is 10.9 Å². The summed E-state index contributed by atoms with van der Waals surface area (Å²) in [5.74, 6) is 0.273. The molecule has 0 unspecified atom stereocenters. The van der Waals surface area contributed by atoms with Gasteiger partial charge in [-0.2, -0.15) is 5.10 Å². The highest BCUT2D eigenvalue weighted by atomic mass is 16.3. The molecule has 2 N–H and O–H groups in total. The van der Waals surface area contributed by atoms with Crippen molar-refractivity contribution in [3.05, 3.63) is 65.9 Å². The topological polar surface area (TPSA) is 61.3 Å². The monoisotopic (exact) mass is 317 g/mol. The zero-order valence-corrected chi connectivity index (χ0v) is 13.4. The van der Waals surface area contributed by atoms with Crippen LogP contribution >= 0.6 is 0 Å². The largest absolute Gasteiger partial charge is 0.508 e. The molecular formula is C20H19N3O. The number of aromatic nitrogens is 2. The third-order valence-electron chi connectivity index (χ3n) is 4.40. The van der Waals surface area contributed by atoms with Gasteiger partial charge >= 0.3 is 0 Å². The molecule has 1 aliphatic rings. The lowest BCUT2D eigenvalue weighted by Gasteiger charge is -2.16. The number of fused-ring (bicyclic) bond motifs is 1. The molecule has 0 fully saturated rings. The molecule has 0 saturated carbocycles. The highest BCUT2D eigenvalue weighted by molar-refractivity contribution is 6.14. The summed E-state index contributed by atoms with van der Waals surface area (Å²) < 4.78 is 0. The summed E-state index contributed by atoms with van der Waals surface area (Å²) in [6.45, 7) is 0. The molecule has 2 aromatic carbocycles. The van der Waals surface area contributed by atoms with E-state index in [1.807, 2.05) is 36.5 Å². The number of phenols is 1. The van der Waals surface area contributed by atoms with Crippen molar-refractivity contribution in [2.75, 3.05) is 0 Å². The van der Waals surface area contributed by atoms with Crippen LogP contribution in [0.4, 0.5) is 5.69 Å². The van der Waals surface area contributed by atoms with E-state index in [1.165, 1.54) is 18.4 Å². The normalized spacial score (nSPS) is 15.5. The summed E-state index contributed by atoms with van der Waals surface area (Å²) in [7, 11) is 0. The summed E-state index contributed by atoms with van der Waals surface area (Å²) in [6.07, 6.45) is 8.70. The fraction of sp³-hybridized carbons (Fsp3) is 0.200. The van der Waals surface area contributed by atoms with Crippen LogP contribution in [-0.4, -0.2) is 21.0 Å². The number of benzene rings is 2. The lowest BCUT2D eigenvalue weighted by Crippen LogP contribution is -2.07. The van der Waals surface area contributed by atoms with Crippen LogP contribution in [0.5, 0.6) is 5.75 Å². The summed E-state index contributed by atoms with van der Waals surface area (Å²) in [4.78, 5) is 4.93. The molecule has 1 aliphatic carbocycles. The Labute approximate surface area is 140 Å². The molecule has 0 saturated heterocycles. The Bertz CT molecular complexity index is 919. The zero-order chi connectivity index (χ0) is 16.4. The van der Waals surface area contributed by atoms with Crippen molar-refractivity contribution in [1.82, 2.24) is 10.2 Å². The van der Waals surface area contributed by atoms with Gasteiger partial charge in [-0.25, -0.2) is 4.99 Å². The van der Waals surface area contributed by atoms with Crippen molar-refractivity contribution in [3.8, 4) is 5.75 Å². The molecule has 4 nitrogen and oxygen atoms in total. The van der Waals surface area contributed by atoms with Crippen LogP contribution in [-0.2, 0) is 0 Å². The van der Waals surface area contributed by atoms with Crippen molar-refractivity contribution >= 4 is 22.3 Å². The summed E-state index contributed by atoms with van der Waals surface area (Å²) in [5, 5.41) is 17.7. The SMILES string of the molecule is Oc1ccc(C(=Nc2ccc3cn[nH]c3c2)C2=CCCCC2)cc1. The number of nitrogens with zero attached hydrogens (tertiary/aromatic N) is 2. The van der Waals surface area contributed by atoms with Gasteiger partial charge in [0.15, 0.2) is 0 Å². The van der Waals surface area contributed by atoms with Gasteiger partial charge in [0.1, 0.15) is 5.75 Å². The molecule has 0 radical (unpaired) electrons. The first-order chi connectivity index (χ1) is 11.8. The Morgan fingerprint density at radius 2 is 1.96 bits per heavy atom. The van der Waals surface area contributed by atoms with Gasteiger partial charge in [-0.15, -0.1) is 0 Å². The fourth-order valence-corrected chi connectivity index (χ4v) is 3.12. The van der Waals surface area contributed by atoms with E-state index in [1.54, 1.807) is 12.1 Å². The predicted octanol–water partition coefficient (Wildman–Crippen LogP) is 4.89. The second kappa shape index (κ2) is 6.32. The van der Waals surface area contributed by atoms with Gasteiger partial charge < -0.3 is 5.11 Å².